The van der Waals surface area contributed by atoms with E-state index in [2.05, 4.69) is 10.6 Å². The van der Waals surface area contributed by atoms with Crippen LogP contribution in [0.3, 0.4) is 0 Å². The molecular formula is C14H23N3O4. The van der Waals surface area contributed by atoms with Crippen molar-refractivity contribution in [1.82, 2.24) is 15.5 Å². The van der Waals surface area contributed by atoms with Gasteiger partial charge in [0.15, 0.2) is 0 Å². The molecule has 0 aromatic carbocycles. The van der Waals surface area contributed by atoms with Crippen molar-refractivity contribution in [3.05, 3.63) is 0 Å². The maximum atomic E-state index is 12.0. The average molecular weight is 297 g/mol. The summed E-state index contributed by atoms with van der Waals surface area (Å²) >= 11 is 0. The normalized spacial score (nSPS) is 25.3. The first-order valence-corrected chi connectivity index (χ1v) is 7.54. The van der Waals surface area contributed by atoms with E-state index in [-0.39, 0.29) is 29.8 Å². The lowest BCUT2D eigenvalue weighted by Crippen LogP contribution is -2.51. The Hall–Kier alpha value is -1.79. The van der Waals surface area contributed by atoms with Gasteiger partial charge in [-0.15, -0.1) is 0 Å². The van der Waals surface area contributed by atoms with Crippen LogP contribution in [0, 0.1) is 11.8 Å². The Labute approximate surface area is 124 Å². The molecule has 0 aromatic heterocycles. The maximum Gasteiger partial charge on any atom is 0.317 e. The molecule has 0 spiro atoms. The van der Waals surface area contributed by atoms with Crippen LogP contribution < -0.4 is 10.6 Å². The number of carbonyl (C=O) groups excluding carboxylic acids is 2. The smallest absolute Gasteiger partial charge is 0.317 e. The van der Waals surface area contributed by atoms with Crippen molar-refractivity contribution in [2.45, 2.75) is 38.6 Å². The van der Waals surface area contributed by atoms with Crippen molar-refractivity contribution in [3.8, 4) is 0 Å². The Morgan fingerprint density at radius 3 is 2.33 bits per heavy atom. The Kier molecular flexibility index (Phi) is 5.03. The molecule has 2 aliphatic rings. The number of urea groups is 1. The first-order chi connectivity index (χ1) is 9.99. The van der Waals surface area contributed by atoms with E-state index in [9.17, 15) is 14.4 Å². The molecule has 1 heterocycles. The molecule has 2 rings (SSSR count). The van der Waals surface area contributed by atoms with Crippen LogP contribution in [0.15, 0.2) is 0 Å². The first kappa shape index (κ1) is 15.6. The lowest BCUT2D eigenvalue weighted by Gasteiger charge is -2.36. The van der Waals surface area contributed by atoms with E-state index in [0.717, 1.165) is 12.8 Å². The molecule has 118 valence electrons. The SMILES string of the molecule is CC1CC(C(=O)O)CCN1C(=O)NCCNC(=O)C1CC1. The van der Waals surface area contributed by atoms with Gasteiger partial charge in [-0.3, -0.25) is 9.59 Å². The van der Waals surface area contributed by atoms with Crippen molar-refractivity contribution < 1.29 is 19.5 Å². The minimum absolute atomic E-state index is 0.0693. The lowest BCUT2D eigenvalue weighted by atomic mass is 9.92. The van der Waals surface area contributed by atoms with Crippen molar-refractivity contribution in [1.29, 1.82) is 0 Å². The number of carboxylic acid groups (broad SMARTS) is 1. The molecule has 3 N–H and O–H groups in total. The highest BCUT2D eigenvalue weighted by atomic mass is 16.4. The zero-order chi connectivity index (χ0) is 15.4. The summed E-state index contributed by atoms with van der Waals surface area (Å²) in [6, 6.07) is -0.270. The fourth-order valence-corrected chi connectivity index (χ4v) is 2.64. The van der Waals surface area contributed by atoms with Gasteiger partial charge in [0.05, 0.1) is 5.92 Å². The van der Waals surface area contributed by atoms with Gasteiger partial charge in [-0.25, -0.2) is 4.79 Å². The van der Waals surface area contributed by atoms with E-state index in [0.29, 0.717) is 32.5 Å². The number of aliphatic carboxylic acids is 1. The van der Waals surface area contributed by atoms with Crippen LogP contribution in [0.5, 0.6) is 0 Å². The third-order valence-electron chi connectivity index (χ3n) is 4.13. The number of carbonyl (C=O) groups is 3. The van der Waals surface area contributed by atoms with Crippen LogP contribution >= 0.6 is 0 Å². The number of likely N-dealkylation sites (tertiary alicyclic amines) is 1. The van der Waals surface area contributed by atoms with Gasteiger partial charge in [0.2, 0.25) is 5.91 Å². The molecule has 1 saturated heterocycles. The molecule has 0 radical (unpaired) electrons. The summed E-state index contributed by atoms with van der Waals surface area (Å²) in [5.41, 5.74) is 0. The number of hydrogen-bond acceptors (Lipinski definition) is 3. The number of nitrogens with zero attached hydrogens (tertiary/aromatic N) is 1. The average Bonchev–Trinajstić information content (AvgIpc) is 3.27. The highest BCUT2D eigenvalue weighted by Gasteiger charge is 2.32. The zero-order valence-electron chi connectivity index (χ0n) is 12.3. The number of rotatable bonds is 5. The summed E-state index contributed by atoms with van der Waals surface area (Å²) in [5.74, 6) is -0.901. The van der Waals surface area contributed by atoms with Crippen LogP contribution in [0.1, 0.15) is 32.6 Å². The second kappa shape index (κ2) is 6.78. The molecule has 2 fully saturated rings. The molecule has 1 aliphatic carbocycles. The molecule has 0 bridgehead atoms. The lowest BCUT2D eigenvalue weighted by molar-refractivity contribution is -0.143. The number of carboxylic acids is 1. The molecular weight excluding hydrogens is 274 g/mol. The highest BCUT2D eigenvalue weighted by Crippen LogP contribution is 2.28. The molecule has 0 aromatic rings. The molecule has 1 saturated carbocycles. The topological polar surface area (TPSA) is 98.7 Å². The molecule has 1 aliphatic heterocycles. The number of piperidine rings is 1. The van der Waals surface area contributed by atoms with Gasteiger partial charge < -0.3 is 20.6 Å². The van der Waals surface area contributed by atoms with Crippen molar-refractivity contribution in [2.75, 3.05) is 19.6 Å². The third kappa shape index (κ3) is 4.34. The van der Waals surface area contributed by atoms with Gasteiger partial charge >= 0.3 is 12.0 Å². The van der Waals surface area contributed by atoms with Gasteiger partial charge in [0, 0.05) is 31.6 Å². The van der Waals surface area contributed by atoms with Crippen molar-refractivity contribution in [3.63, 3.8) is 0 Å². The van der Waals surface area contributed by atoms with Gasteiger partial charge in [0.25, 0.3) is 0 Å². The first-order valence-electron chi connectivity index (χ1n) is 7.54. The summed E-state index contributed by atoms with van der Waals surface area (Å²) in [7, 11) is 0. The largest absolute Gasteiger partial charge is 0.481 e. The summed E-state index contributed by atoms with van der Waals surface area (Å²) in [4.78, 5) is 36.1. The minimum Gasteiger partial charge on any atom is -0.481 e. The van der Waals surface area contributed by atoms with E-state index >= 15 is 0 Å². The standard InChI is InChI=1S/C14H23N3O4/c1-9-8-11(13(19)20)4-7-17(9)14(21)16-6-5-15-12(18)10-2-3-10/h9-11H,2-8H2,1H3,(H,15,18)(H,16,21)(H,19,20). The Morgan fingerprint density at radius 1 is 1.10 bits per heavy atom. The van der Waals surface area contributed by atoms with Gasteiger partial charge in [0.1, 0.15) is 0 Å². The van der Waals surface area contributed by atoms with Gasteiger partial charge in [-0.05, 0) is 32.6 Å². The second-order valence-electron chi connectivity index (χ2n) is 5.90. The molecule has 7 nitrogen and oxygen atoms in total. The van der Waals surface area contributed by atoms with Crippen LogP contribution in [0.25, 0.3) is 0 Å². The predicted molar refractivity (Wildman–Crippen MR) is 75.7 cm³/mol. The molecule has 7 heteroatoms. The number of amides is 3. The van der Waals surface area contributed by atoms with Crippen molar-refractivity contribution >= 4 is 17.9 Å². The Balaban J connectivity index is 1.66. The monoisotopic (exact) mass is 297 g/mol. The maximum absolute atomic E-state index is 12.0. The Morgan fingerprint density at radius 2 is 1.76 bits per heavy atom. The molecule has 2 unspecified atom stereocenters. The fourth-order valence-electron chi connectivity index (χ4n) is 2.64. The van der Waals surface area contributed by atoms with E-state index in [1.54, 1.807) is 4.90 Å². The number of hydrogen-bond donors (Lipinski definition) is 3. The van der Waals surface area contributed by atoms with E-state index < -0.39 is 5.97 Å². The Bertz CT molecular complexity index is 422. The molecule has 2 atom stereocenters. The third-order valence-corrected chi connectivity index (χ3v) is 4.13. The summed E-state index contributed by atoms with van der Waals surface area (Å²) in [6.45, 7) is 3.14. The molecule has 3 amide bonds. The van der Waals surface area contributed by atoms with Crippen LogP contribution in [0.2, 0.25) is 0 Å². The summed E-state index contributed by atoms with van der Waals surface area (Å²) in [5, 5.41) is 14.5. The summed E-state index contributed by atoms with van der Waals surface area (Å²) < 4.78 is 0. The minimum atomic E-state index is -0.787. The predicted octanol–water partition coefficient (Wildman–Crippen LogP) is 0.407. The fraction of sp³-hybridized carbons (Fsp3) is 0.786. The number of nitrogens with one attached hydrogen (secondary N) is 2. The van der Waals surface area contributed by atoms with Crippen LogP contribution in [-0.2, 0) is 9.59 Å². The second-order valence-corrected chi connectivity index (χ2v) is 5.90. The zero-order valence-corrected chi connectivity index (χ0v) is 12.3. The quantitative estimate of drug-likeness (QED) is 0.640. The van der Waals surface area contributed by atoms with Crippen LogP contribution in [0.4, 0.5) is 4.79 Å². The van der Waals surface area contributed by atoms with Gasteiger partial charge in [-0.2, -0.15) is 0 Å². The van der Waals surface area contributed by atoms with Crippen molar-refractivity contribution in [2.24, 2.45) is 11.8 Å². The highest BCUT2D eigenvalue weighted by molar-refractivity contribution is 5.81. The van der Waals surface area contributed by atoms with Gasteiger partial charge in [-0.1, -0.05) is 0 Å². The van der Waals surface area contributed by atoms with E-state index in [1.165, 1.54) is 0 Å². The van der Waals surface area contributed by atoms with E-state index in [1.807, 2.05) is 6.92 Å². The van der Waals surface area contributed by atoms with E-state index in [4.69, 9.17) is 5.11 Å². The molecule has 21 heavy (non-hydrogen) atoms. The summed E-state index contributed by atoms with van der Waals surface area (Å²) in [6.07, 6.45) is 2.91. The van der Waals surface area contributed by atoms with Crippen LogP contribution in [-0.4, -0.2) is 53.6 Å².